The van der Waals surface area contributed by atoms with E-state index in [1.165, 1.54) is 6.07 Å². The van der Waals surface area contributed by atoms with Crippen LogP contribution in [0.1, 0.15) is 26.3 Å². The molecule has 0 saturated carbocycles. The lowest BCUT2D eigenvalue weighted by Crippen LogP contribution is -2.16. The molecule has 0 aliphatic heterocycles. The minimum Gasteiger partial charge on any atom is -0.478 e. The van der Waals surface area contributed by atoms with E-state index in [0.29, 0.717) is 20.6 Å². The van der Waals surface area contributed by atoms with Gasteiger partial charge in [0.15, 0.2) is 0 Å². The highest BCUT2D eigenvalue weighted by atomic mass is 79.9. The van der Waals surface area contributed by atoms with Gasteiger partial charge in [-0.2, -0.15) is 0 Å². The van der Waals surface area contributed by atoms with Crippen LogP contribution < -0.4 is 5.32 Å². The van der Waals surface area contributed by atoms with Crippen LogP contribution in [-0.2, 0) is 0 Å². The minimum absolute atomic E-state index is 0.0731. The second kappa shape index (κ2) is 6.28. The highest BCUT2D eigenvalue weighted by Crippen LogP contribution is 2.24. The molecule has 0 unspecified atom stereocenters. The zero-order valence-electron chi connectivity index (χ0n) is 11.0. The predicted molar refractivity (Wildman–Crippen MR) is 85.2 cm³/mol. The van der Waals surface area contributed by atoms with Gasteiger partial charge in [-0.25, -0.2) is 4.79 Å². The highest BCUT2D eigenvalue weighted by Gasteiger charge is 2.17. The van der Waals surface area contributed by atoms with Crippen molar-refractivity contribution in [1.82, 2.24) is 0 Å². The van der Waals surface area contributed by atoms with Crippen LogP contribution in [0.25, 0.3) is 0 Å². The lowest BCUT2D eigenvalue weighted by Gasteiger charge is -2.11. The molecule has 6 heteroatoms. The number of rotatable bonds is 3. The normalized spacial score (nSPS) is 10.2. The van der Waals surface area contributed by atoms with Crippen molar-refractivity contribution in [1.29, 1.82) is 0 Å². The van der Waals surface area contributed by atoms with E-state index in [4.69, 9.17) is 11.6 Å². The quantitative estimate of drug-likeness (QED) is 0.846. The molecule has 0 aliphatic rings. The summed E-state index contributed by atoms with van der Waals surface area (Å²) >= 11 is 9.15. The number of carboxylic acid groups (broad SMARTS) is 1. The molecule has 0 fully saturated rings. The van der Waals surface area contributed by atoms with Crippen molar-refractivity contribution in [2.75, 3.05) is 5.32 Å². The van der Waals surface area contributed by atoms with E-state index >= 15 is 0 Å². The van der Waals surface area contributed by atoms with Crippen molar-refractivity contribution in [2.45, 2.75) is 6.92 Å². The number of anilines is 1. The van der Waals surface area contributed by atoms with Crippen LogP contribution in [0, 0.1) is 6.92 Å². The highest BCUT2D eigenvalue weighted by molar-refractivity contribution is 9.10. The molecule has 2 aromatic carbocycles. The van der Waals surface area contributed by atoms with Crippen molar-refractivity contribution >= 4 is 45.1 Å². The van der Waals surface area contributed by atoms with Gasteiger partial charge < -0.3 is 10.4 Å². The summed E-state index contributed by atoms with van der Waals surface area (Å²) < 4.78 is 0.578. The summed E-state index contributed by atoms with van der Waals surface area (Å²) in [7, 11) is 0. The summed E-state index contributed by atoms with van der Waals surface area (Å²) in [6.07, 6.45) is 0. The van der Waals surface area contributed by atoms with E-state index in [1.54, 1.807) is 37.3 Å². The zero-order valence-corrected chi connectivity index (χ0v) is 13.3. The van der Waals surface area contributed by atoms with Gasteiger partial charge in [-0.15, -0.1) is 0 Å². The number of nitrogens with one attached hydrogen (secondary N) is 1. The van der Waals surface area contributed by atoms with Crippen molar-refractivity contribution in [2.24, 2.45) is 0 Å². The summed E-state index contributed by atoms with van der Waals surface area (Å²) in [5.74, 6) is -1.52. The molecule has 2 rings (SSSR count). The lowest BCUT2D eigenvalue weighted by atomic mass is 10.1. The maximum absolute atomic E-state index is 12.3. The summed E-state index contributed by atoms with van der Waals surface area (Å²) in [5, 5.41) is 12.3. The van der Waals surface area contributed by atoms with Gasteiger partial charge >= 0.3 is 5.97 Å². The minimum atomic E-state index is -1.09. The van der Waals surface area contributed by atoms with Crippen LogP contribution in [-0.4, -0.2) is 17.0 Å². The molecule has 0 bridgehead atoms. The molecule has 0 spiro atoms. The Bertz CT molecular complexity index is 731. The molecule has 4 nitrogen and oxygen atoms in total. The fourth-order valence-electron chi connectivity index (χ4n) is 1.92. The predicted octanol–water partition coefficient (Wildman–Crippen LogP) is 4.36. The van der Waals surface area contributed by atoms with Gasteiger partial charge in [0.1, 0.15) is 0 Å². The monoisotopic (exact) mass is 367 g/mol. The number of amides is 1. The number of benzene rings is 2. The maximum Gasteiger partial charge on any atom is 0.338 e. The molecule has 2 aromatic rings. The lowest BCUT2D eigenvalue weighted by molar-refractivity contribution is 0.0697. The van der Waals surface area contributed by atoms with E-state index in [1.807, 2.05) is 0 Å². The molecule has 0 aromatic heterocycles. The SMILES string of the molecule is Cc1cccc(NC(=O)c2cc(Cl)ccc2Br)c1C(=O)O. The number of hydrogen-bond donors (Lipinski definition) is 2. The molecule has 21 heavy (non-hydrogen) atoms. The Hall–Kier alpha value is -1.85. The number of carbonyl (C=O) groups is 2. The number of hydrogen-bond acceptors (Lipinski definition) is 2. The first kappa shape index (κ1) is 15.5. The molecule has 2 N–H and O–H groups in total. The summed E-state index contributed by atoms with van der Waals surface area (Å²) in [6.45, 7) is 1.68. The molecule has 1 amide bonds. The van der Waals surface area contributed by atoms with Crippen LogP contribution in [0.5, 0.6) is 0 Å². The Morgan fingerprint density at radius 3 is 2.62 bits per heavy atom. The first-order valence-electron chi connectivity index (χ1n) is 5.99. The fraction of sp³-hybridized carbons (Fsp3) is 0.0667. The number of aryl methyl sites for hydroxylation is 1. The van der Waals surface area contributed by atoms with Crippen molar-refractivity contribution in [3.8, 4) is 0 Å². The Balaban J connectivity index is 2.39. The molecule has 0 heterocycles. The molecule has 108 valence electrons. The average Bonchev–Trinajstić information content (AvgIpc) is 2.41. The van der Waals surface area contributed by atoms with Crippen LogP contribution in [0.2, 0.25) is 5.02 Å². The molecular weight excluding hydrogens is 358 g/mol. The molecule has 0 saturated heterocycles. The van der Waals surface area contributed by atoms with Gasteiger partial charge in [0.25, 0.3) is 5.91 Å². The smallest absolute Gasteiger partial charge is 0.338 e. The number of carbonyl (C=O) groups excluding carboxylic acids is 1. The van der Waals surface area contributed by atoms with Gasteiger partial charge in [0, 0.05) is 9.50 Å². The molecule has 0 radical (unpaired) electrons. The number of aromatic carboxylic acids is 1. The van der Waals surface area contributed by atoms with E-state index in [2.05, 4.69) is 21.2 Å². The Morgan fingerprint density at radius 2 is 1.95 bits per heavy atom. The topological polar surface area (TPSA) is 66.4 Å². The van der Waals surface area contributed by atoms with Crippen LogP contribution in [0.15, 0.2) is 40.9 Å². The summed E-state index contributed by atoms with van der Waals surface area (Å²) in [6, 6.07) is 9.73. The first-order valence-corrected chi connectivity index (χ1v) is 7.16. The Morgan fingerprint density at radius 1 is 1.24 bits per heavy atom. The van der Waals surface area contributed by atoms with Gasteiger partial charge in [0.2, 0.25) is 0 Å². The van der Waals surface area contributed by atoms with Crippen LogP contribution in [0.4, 0.5) is 5.69 Å². The largest absolute Gasteiger partial charge is 0.478 e. The number of halogens is 2. The maximum atomic E-state index is 12.3. The third kappa shape index (κ3) is 3.43. The summed E-state index contributed by atoms with van der Waals surface area (Å²) in [4.78, 5) is 23.6. The van der Waals surface area contributed by atoms with Crippen LogP contribution >= 0.6 is 27.5 Å². The van der Waals surface area contributed by atoms with E-state index < -0.39 is 11.9 Å². The Labute approximate surface area is 134 Å². The molecule has 0 atom stereocenters. The second-order valence-electron chi connectivity index (χ2n) is 4.38. The van der Waals surface area contributed by atoms with Crippen LogP contribution in [0.3, 0.4) is 0 Å². The van der Waals surface area contributed by atoms with E-state index in [-0.39, 0.29) is 11.3 Å². The molecular formula is C15H11BrClNO3. The van der Waals surface area contributed by atoms with Gasteiger partial charge in [-0.05, 0) is 52.7 Å². The zero-order chi connectivity index (χ0) is 15.6. The van der Waals surface area contributed by atoms with Crippen molar-refractivity contribution in [3.05, 3.63) is 62.6 Å². The Kier molecular flexibility index (Phi) is 4.65. The van der Waals surface area contributed by atoms with Crippen molar-refractivity contribution in [3.63, 3.8) is 0 Å². The van der Waals surface area contributed by atoms with Crippen molar-refractivity contribution < 1.29 is 14.7 Å². The first-order chi connectivity index (χ1) is 9.90. The summed E-state index contributed by atoms with van der Waals surface area (Å²) in [5.41, 5.74) is 1.23. The third-order valence-corrected chi connectivity index (χ3v) is 3.83. The van der Waals surface area contributed by atoms with Gasteiger partial charge in [-0.3, -0.25) is 4.79 Å². The fourth-order valence-corrected chi connectivity index (χ4v) is 2.52. The third-order valence-electron chi connectivity index (χ3n) is 2.91. The standard InChI is InChI=1S/C15H11BrClNO3/c1-8-3-2-4-12(13(8)15(20)21)18-14(19)10-7-9(17)5-6-11(10)16/h2-7H,1H3,(H,18,19)(H,20,21). The van der Waals surface area contributed by atoms with E-state index in [0.717, 1.165) is 0 Å². The second-order valence-corrected chi connectivity index (χ2v) is 5.67. The number of carboxylic acids is 1. The van der Waals surface area contributed by atoms with E-state index in [9.17, 15) is 14.7 Å². The molecule has 0 aliphatic carbocycles. The average molecular weight is 369 g/mol. The van der Waals surface area contributed by atoms with Gasteiger partial charge in [-0.1, -0.05) is 23.7 Å². The van der Waals surface area contributed by atoms with Gasteiger partial charge in [0.05, 0.1) is 16.8 Å².